The molecule has 0 bridgehead atoms. The molecule has 4 rings (SSSR count). The molecule has 3 aromatic rings. The predicted molar refractivity (Wildman–Crippen MR) is 113 cm³/mol. The number of aromatic nitrogens is 2. The van der Waals surface area contributed by atoms with E-state index in [4.69, 9.17) is 0 Å². The fourth-order valence-corrected chi connectivity index (χ4v) is 4.37. The zero-order chi connectivity index (χ0) is 23.8. The van der Waals surface area contributed by atoms with E-state index in [0.29, 0.717) is 17.4 Å². The molecule has 1 unspecified atom stereocenters. The van der Waals surface area contributed by atoms with Crippen LogP contribution in [0.1, 0.15) is 34.2 Å². The number of benzene rings is 2. The standard InChI is InChI=1S/C22H19F5N4OS/c1-21(24)13-30(20-28-18(29-33-20)11-14-5-7-17(23)8-6-14)9-10-31(21)19(32)15-3-2-4-16(12-15)22(25,26)27/h2-8,12H,9-11,13H2,1H3. The number of rotatable bonds is 4. The van der Waals surface area contributed by atoms with E-state index in [-0.39, 0.29) is 31.0 Å². The minimum absolute atomic E-state index is 0.0328. The normalized spacial score (nSPS) is 19.1. The topological polar surface area (TPSA) is 49.3 Å². The molecule has 33 heavy (non-hydrogen) atoms. The van der Waals surface area contributed by atoms with Crippen molar-refractivity contribution in [1.29, 1.82) is 0 Å². The molecule has 11 heteroatoms. The van der Waals surface area contributed by atoms with Gasteiger partial charge in [-0.2, -0.15) is 17.5 Å². The quantitative estimate of drug-likeness (QED) is 0.391. The van der Waals surface area contributed by atoms with Crippen LogP contribution >= 0.6 is 11.5 Å². The van der Waals surface area contributed by atoms with E-state index in [0.717, 1.165) is 40.2 Å². The van der Waals surface area contributed by atoms with Gasteiger partial charge in [-0.05, 0) is 42.8 Å². The minimum Gasteiger partial charge on any atom is -0.340 e. The van der Waals surface area contributed by atoms with Crippen LogP contribution in [0.5, 0.6) is 0 Å². The molecule has 1 atom stereocenters. The van der Waals surface area contributed by atoms with Crippen LogP contribution in [0.2, 0.25) is 0 Å². The maximum atomic E-state index is 15.5. The third-order valence-corrected chi connectivity index (χ3v) is 6.14. The molecule has 0 saturated carbocycles. The van der Waals surface area contributed by atoms with Gasteiger partial charge in [0.15, 0.2) is 5.79 Å². The van der Waals surface area contributed by atoms with Crippen molar-refractivity contribution in [3.63, 3.8) is 0 Å². The van der Waals surface area contributed by atoms with Gasteiger partial charge < -0.3 is 9.80 Å². The van der Waals surface area contributed by atoms with Gasteiger partial charge in [0.25, 0.3) is 5.91 Å². The van der Waals surface area contributed by atoms with E-state index >= 15 is 4.39 Å². The Balaban J connectivity index is 1.46. The second-order valence-electron chi connectivity index (χ2n) is 7.90. The number of anilines is 1. The van der Waals surface area contributed by atoms with Crippen LogP contribution in [-0.2, 0) is 12.6 Å². The molecule has 174 valence electrons. The summed E-state index contributed by atoms with van der Waals surface area (Å²) in [5, 5.41) is 0.474. The molecular weight excluding hydrogens is 463 g/mol. The van der Waals surface area contributed by atoms with Gasteiger partial charge in [0.05, 0.1) is 12.1 Å². The van der Waals surface area contributed by atoms with Crippen molar-refractivity contribution in [2.75, 3.05) is 24.5 Å². The van der Waals surface area contributed by atoms with Gasteiger partial charge in [0.1, 0.15) is 11.6 Å². The van der Waals surface area contributed by atoms with Crippen molar-refractivity contribution in [3.8, 4) is 0 Å². The smallest absolute Gasteiger partial charge is 0.340 e. The molecular formula is C22H19F5N4OS. The highest BCUT2D eigenvalue weighted by Gasteiger charge is 2.42. The number of hydrogen-bond acceptors (Lipinski definition) is 5. The van der Waals surface area contributed by atoms with Crippen LogP contribution in [0.15, 0.2) is 48.5 Å². The summed E-state index contributed by atoms with van der Waals surface area (Å²) < 4.78 is 71.8. The molecule has 1 aliphatic heterocycles. The lowest BCUT2D eigenvalue weighted by Crippen LogP contribution is -2.60. The average molecular weight is 482 g/mol. The van der Waals surface area contributed by atoms with E-state index < -0.39 is 23.4 Å². The van der Waals surface area contributed by atoms with Crippen molar-refractivity contribution in [3.05, 3.63) is 76.9 Å². The summed E-state index contributed by atoms with van der Waals surface area (Å²) in [4.78, 5) is 19.8. The van der Waals surface area contributed by atoms with Crippen LogP contribution in [0.4, 0.5) is 27.1 Å². The Morgan fingerprint density at radius 2 is 1.88 bits per heavy atom. The van der Waals surface area contributed by atoms with Gasteiger partial charge in [0, 0.05) is 36.6 Å². The summed E-state index contributed by atoms with van der Waals surface area (Å²) in [6.45, 7) is 1.22. The summed E-state index contributed by atoms with van der Waals surface area (Å²) in [7, 11) is 0. The number of halogens is 5. The molecule has 0 spiro atoms. The first-order valence-corrected chi connectivity index (χ1v) is 10.8. The number of nitrogens with zero attached hydrogens (tertiary/aromatic N) is 4. The summed E-state index contributed by atoms with van der Waals surface area (Å²) in [6.07, 6.45) is -4.21. The van der Waals surface area contributed by atoms with Gasteiger partial charge in [-0.25, -0.2) is 13.8 Å². The van der Waals surface area contributed by atoms with Crippen LogP contribution in [0.3, 0.4) is 0 Å². The second-order valence-corrected chi connectivity index (χ2v) is 8.63. The van der Waals surface area contributed by atoms with Gasteiger partial charge in [-0.3, -0.25) is 4.79 Å². The number of piperazine rings is 1. The number of carbonyl (C=O) groups is 1. The maximum Gasteiger partial charge on any atom is 0.416 e. The zero-order valence-electron chi connectivity index (χ0n) is 17.4. The lowest BCUT2D eigenvalue weighted by atomic mass is 10.1. The summed E-state index contributed by atoms with van der Waals surface area (Å²) >= 11 is 1.09. The van der Waals surface area contributed by atoms with Crippen molar-refractivity contribution in [1.82, 2.24) is 14.3 Å². The highest BCUT2D eigenvalue weighted by Crippen LogP contribution is 2.32. The highest BCUT2D eigenvalue weighted by molar-refractivity contribution is 7.09. The van der Waals surface area contributed by atoms with Crippen molar-refractivity contribution < 1.29 is 26.7 Å². The molecule has 1 amide bonds. The number of alkyl halides is 4. The van der Waals surface area contributed by atoms with Gasteiger partial charge in [-0.15, -0.1) is 0 Å². The van der Waals surface area contributed by atoms with Gasteiger partial charge in [0.2, 0.25) is 5.13 Å². The van der Waals surface area contributed by atoms with Crippen molar-refractivity contribution in [2.24, 2.45) is 0 Å². The molecule has 5 nitrogen and oxygen atoms in total. The lowest BCUT2D eigenvalue weighted by Gasteiger charge is -2.43. The van der Waals surface area contributed by atoms with E-state index in [9.17, 15) is 22.4 Å². The van der Waals surface area contributed by atoms with Gasteiger partial charge >= 0.3 is 6.18 Å². The lowest BCUT2D eigenvalue weighted by molar-refractivity contribution is -0.137. The average Bonchev–Trinajstić information content (AvgIpc) is 3.22. The first-order valence-electron chi connectivity index (χ1n) is 10.0. The molecule has 0 radical (unpaired) electrons. The van der Waals surface area contributed by atoms with Gasteiger partial charge in [-0.1, -0.05) is 18.2 Å². The third-order valence-electron chi connectivity index (χ3n) is 5.32. The fourth-order valence-electron chi connectivity index (χ4n) is 3.66. The summed E-state index contributed by atoms with van der Waals surface area (Å²) in [6, 6.07) is 9.92. The molecule has 2 aromatic carbocycles. The SMILES string of the molecule is CC1(F)CN(c2nc(Cc3ccc(F)cc3)ns2)CCN1C(=O)c1cccc(C(F)(F)F)c1. The number of amides is 1. The Kier molecular flexibility index (Phi) is 6.08. The monoisotopic (exact) mass is 482 g/mol. The predicted octanol–water partition coefficient (Wildman–Crippen LogP) is 4.93. The molecule has 2 heterocycles. The van der Waals surface area contributed by atoms with E-state index in [1.807, 2.05) is 0 Å². The van der Waals surface area contributed by atoms with Crippen LogP contribution < -0.4 is 4.90 Å². The summed E-state index contributed by atoms with van der Waals surface area (Å²) in [5.74, 6) is -2.78. The summed E-state index contributed by atoms with van der Waals surface area (Å²) in [5.41, 5.74) is -0.359. The van der Waals surface area contributed by atoms with E-state index in [1.54, 1.807) is 17.0 Å². The Bertz CT molecular complexity index is 1150. The van der Waals surface area contributed by atoms with Crippen molar-refractivity contribution >= 4 is 22.6 Å². The molecule has 0 aliphatic carbocycles. The molecule has 1 aliphatic rings. The Morgan fingerprint density at radius 1 is 1.15 bits per heavy atom. The van der Waals surface area contributed by atoms with E-state index in [1.165, 1.54) is 25.1 Å². The molecule has 0 N–H and O–H groups in total. The van der Waals surface area contributed by atoms with Crippen molar-refractivity contribution in [2.45, 2.75) is 25.3 Å². The zero-order valence-corrected chi connectivity index (χ0v) is 18.3. The van der Waals surface area contributed by atoms with E-state index in [2.05, 4.69) is 9.36 Å². The highest BCUT2D eigenvalue weighted by atomic mass is 32.1. The Morgan fingerprint density at radius 3 is 2.55 bits per heavy atom. The minimum atomic E-state index is -4.60. The Labute approximate surface area is 190 Å². The fraction of sp³-hybridized carbons (Fsp3) is 0.318. The first-order chi connectivity index (χ1) is 15.5. The molecule has 1 aromatic heterocycles. The largest absolute Gasteiger partial charge is 0.416 e. The molecule has 1 saturated heterocycles. The first kappa shape index (κ1) is 23.1. The number of carbonyl (C=O) groups excluding carboxylic acids is 1. The molecule has 1 fully saturated rings. The Hall–Kier alpha value is -3.08. The number of hydrogen-bond donors (Lipinski definition) is 0. The van der Waals surface area contributed by atoms with Crippen LogP contribution in [-0.4, -0.2) is 45.6 Å². The second kappa shape index (κ2) is 8.69. The maximum absolute atomic E-state index is 15.5. The third kappa shape index (κ3) is 5.13. The van der Waals surface area contributed by atoms with Crippen LogP contribution in [0, 0.1) is 5.82 Å². The van der Waals surface area contributed by atoms with Crippen LogP contribution in [0.25, 0.3) is 0 Å².